The van der Waals surface area contributed by atoms with Gasteiger partial charge < -0.3 is 0 Å². The molecule has 0 saturated heterocycles. The van der Waals surface area contributed by atoms with Crippen LogP contribution in [0.15, 0.2) is 29.2 Å². The minimum absolute atomic E-state index is 0.174. The Kier molecular flexibility index (Phi) is 3.94. The van der Waals surface area contributed by atoms with Gasteiger partial charge in [-0.25, -0.2) is 0 Å². The molecule has 16 heavy (non-hydrogen) atoms. The first-order valence-corrected chi connectivity index (χ1v) is 5.97. The molecular weight excluding hydrogens is 233 g/mol. The third-order valence-electron chi connectivity index (χ3n) is 1.85. The maximum Gasteiger partial charge on any atom is 0.416 e. The average Bonchev–Trinajstić information content (AvgIpc) is 2.13. The number of alkyl halides is 3. The third kappa shape index (κ3) is 4.47. The van der Waals surface area contributed by atoms with Crippen molar-refractivity contribution in [1.29, 1.82) is 0 Å². The number of benzene rings is 1. The predicted molar refractivity (Wildman–Crippen MR) is 61.6 cm³/mol. The standard InChI is InChI=1S/C12H15F3S/c1-11(2,3)8-16-10-6-4-9(5-7-10)12(13,14)15/h4-7H,8H2,1-3H3. The van der Waals surface area contributed by atoms with Gasteiger partial charge in [0.25, 0.3) is 0 Å². The van der Waals surface area contributed by atoms with Crippen LogP contribution in [0.3, 0.4) is 0 Å². The van der Waals surface area contributed by atoms with E-state index in [1.807, 2.05) is 0 Å². The zero-order valence-corrected chi connectivity index (χ0v) is 10.4. The summed E-state index contributed by atoms with van der Waals surface area (Å²) in [6.07, 6.45) is -4.24. The van der Waals surface area contributed by atoms with Gasteiger partial charge in [0.05, 0.1) is 5.56 Å². The maximum atomic E-state index is 12.3. The minimum atomic E-state index is -4.24. The highest BCUT2D eigenvalue weighted by Gasteiger charge is 2.29. The van der Waals surface area contributed by atoms with Gasteiger partial charge in [0.2, 0.25) is 0 Å². The Morgan fingerprint density at radius 2 is 1.50 bits per heavy atom. The summed E-state index contributed by atoms with van der Waals surface area (Å²) in [5.74, 6) is 0.887. The van der Waals surface area contributed by atoms with Crippen LogP contribution < -0.4 is 0 Å². The fourth-order valence-electron chi connectivity index (χ4n) is 1.04. The lowest BCUT2D eigenvalue weighted by Crippen LogP contribution is -2.08. The van der Waals surface area contributed by atoms with Crippen molar-refractivity contribution >= 4 is 11.8 Å². The quantitative estimate of drug-likeness (QED) is 0.674. The van der Waals surface area contributed by atoms with Crippen molar-refractivity contribution in [3.8, 4) is 0 Å². The number of hydrogen-bond donors (Lipinski definition) is 0. The number of hydrogen-bond acceptors (Lipinski definition) is 1. The van der Waals surface area contributed by atoms with E-state index in [1.165, 1.54) is 12.1 Å². The molecule has 1 rings (SSSR count). The average molecular weight is 248 g/mol. The molecule has 0 unspecified atom stereocenters. The number of rotatable bonds is 2. The Labute approximate surface area is 98.2 Å². The van der Waals surface area contributed by atoms with Gasteiger partial charge in [0.15, 0.2) is 0 Å². The van der Waals surface area contributed by atoms with Crippen molar-refractivity contribution in [1.82, 2.24) is 0 Å². The summed E-state index contributed by atoms with van der Waals surface area (Å²) in [5.41, 5.74) is -0.416. The normalized spacial score (nSPS) is 12.9. The molecule has 0 heterocycles. The van der Waals surface area contributed by atoms with Crippen molar-refractivity contribution in [2.75, 3.05) is 5.75 Å². The van der Waals surface area contributed by atoms with E-state index in [0.29, 0.717) is 0 Å². The van der Waals surface area contributed by atoms with E-state index in [0.717, 1.165) is 22.8 Å². The largest absolute Gasteiger partial charge is 0.416 e. The SMILES string of the molecule is CC(C)(C)CSc1ccc(C(F)(F)F)cc1. The molecule has 90 valence electrons. The molecular formula is C12H15F3S. The van der Waals surface area contributed by atoms with Crippen molar-refractivity contribution in [2.45, 2.75) is 31.8 Å². The molecule has 1 aromatic rings. The van der Waals surface area contributed by atoms with Crippen LogP contribution >= 0.6 is 11.8 Å². The highest BCUT2D eigenvalue weighted by atomic mass is 32.2. The molecule has 0 spiro atoms. The van der Waals surface area contributed by atoms with Gasteiger partial charge in [-0.3, -0.25) is 0 Å². The Morgan fingerprint density at radius 1 is 1.00 bits per heavy atom. The van der Waals surface area contributed by atoms with Crippen molar-refractivity contribution < 1.29 is 13.2 Å². The summed E-state index contributed by atoms with van der Waals surface area (Å²) in [5, 5.41) is 0. The molecule has 0 fully saturated rings. The maximum absolute atomic E-state index is 12.3. The van der Waals surface area contributed by atoms with Crippen LogP contribution in [0, 0.1) is 5.41 Å². The Morgan fingerprint density at radius 3 is 1.88 bits per heavy atom. The van der Waals surface area contributed by atoms with Gasteiger partial charge in [0.1, 0.15) is 0 Å². The van der Waals surface area contributed by atoms with E-state index in [-0.39, 0.29) is 5.41 Å². The van der Waals surface area contributed by atoms with E-state index in [2.05, 4.69) is 20.8 Å². The molecule has 0 radical (unpaired) electrons. The van der Waals surface area contributed by atoms with Crippen LogP contribution in [0.2, 0.25) is 0 Å². The molecule has 0 atom stereocenters. The molecule has 0 N–H and O–H groups in total. The second-order valence-electron chi connectivity index (χ2n) is 4.87. The Balaban J connectivity index is 2.66. The van der Waals surface area contributed by atoms with E-state index < -0.39 is 11.7 Å². The van der Waals surface area contributed by atoms with Crippen molar-refractivity contribution in [3.63, 3.8) is 0 Å². The van der Waals surface area contributed by atoms with E-state index in [9.17, 15) is 13.2 Å². The van der Waals surface area contributed by atoms with E-state index in [1.54, 1.807) is 11.8 Å². The van der Waals surface area contributed by atoms with Gasteiger partial charge in [0, 0.05) is 10.6 Å². The molecule has 0 aromatic heterocycles. The van der Waals surface area contributed by atoms with Crippen LogP contribution in [0.4, 0.5) is 13.2 Å². The van der Waals surface area contributed by atoms with Crippen LogP contribution in [0.5, 0.6) is 0 Å². The fourth-order valence-corrected chi connectivity index (χ4v) is 1.97. The lowest BCUT2D eigenvalue weighted by molar-refractivity contribution is -0.137. The van der Waals surface area contributed by atoms with Crippen LogP contribution in [0.25, 0.3) is 0 Å². The van der Waals surface area contributed by atoms with Crippen LogP contribution in [-0.2, 0) is 6.18 Å². The predicted octanol–water partition coefficient (Wildman–Crippen LogP) is 4.84. The second kappa shape index (κ2) is 4.70. The summed E-state index contributed by atoms with van der Waals surface area (Å²) in [4.78, 5) is 0.878. The molecule has 0 bridgehead atoms. The van der Waals surface area contributed by atoms with Crippen molar-refractivity contribution in [2.24, 2.45) is 5.41 Å². The second-order valence-corrected chi connectivity index (χ2v) is 5.92. The van der Waals surface area contributed by atoms with E-state index >= 15 is 0 Å². The first-order chi connectivity index (χ1) is 7.18. The summed E-state index contributed by atoms with van der Waals surface area (Å²) < 4.78 is 36.9. The first kappa shape index (κ1) is 13.4. The van der Waals surface area contributed by atoms with Gasteiger partial charge in [-0.15, -0.1) is 11.8 Å². The fraction of sp³-hybridized carbons (Fsp3) is 0.500. The summed E-state index contributed by atoms with van der Waals surface area (Å²) in [6, 6.07) is 5.31. The summed E-state index contributed by atoms with van der Waals surface area (Å²) >= 11 is 1.58. The van der Waals surface area contributed by atoms with Gasteiger partial charge in [-0.1, -0.05) is 20.8 Å². The minimum Gasteiger partial charge on any atom is -0.166 e. The Hall–Kier alpha value is -0.640. The smallest absolute Gasteiger partial charge is 0.166 e. The Bertz CT molecular complexity index is 333. The zero-order chi connectivity index (χ0) is 12.4. The molecule has 0 saturated carbocycles. The lowest BCUT2D eigenvalue weighted by atomic mass is 10.0. The highest BCUT2D eigenvalue weighted by Crippen LogP contribution is 2.32. The lowest BCUT2D eigenvalue weighted by Gasteiger charge is -2.17. The molecule has 0 aliphatic rings. The zero-order valence-electron chi connectivity index (χ0n) is 9.56. The topological polar surface area (TPSA) is 0 Å². The highest BCUT2D eigenvalue weighted by molar-refractivity contribution is 7.99. The molecule has 0 aliphatic carbocycles. The molecule has 0 amide bonds. The number of halogens is 3. The van der Waals surface area contributed by atoms with Crippen LogP contribution in [0.1, 0.15) is 26.3 Å². The van der Waals surface area contributed by atoms with Gasteiger partial charge in [-0.2, -0.15) is 13.2 Å². The number of thioether (sulfide) groups is 1. The molecule has 1 aromatic carbocycles. The summed E-state index contributed by atoms with van der Waals surface area (Å²) in [6.45, 7) is 6.30. The van der Waals surface area contributed by atoms with E-state index in [4.69, 9.17) is 0 Å². The monoisotopic (exact) mass is 248 g/mol. The third-order valence-corrected chi connectivity index (χ3v) is 3.47. The van der Waals surface area contributed by atoms with Gasteiger partial charge >= 0.3 is 6.18 Å². The first-order valence-electron chi connectivity index (χ1n) is 4.98. The summed E-state index contributed by atoms with van der Waals surface area (Å²) in [7, 11) is 0. The molecule has 4 heteroatoms. The van der Waals surface area contributed by atoms with Crippen molar-refractivity contribution in [3.05, 3.63) is 29.8 Å². The molecule has 0 aliphatic heterocycles. The molecule has 0 nitrogen and oxygen atoms in total. The van der Waals surface area contributed by atoms with Crippen LogP contribution in [-0.4, -0.2) is 5.75 Å². The van der Waals surface area contributed by atoms with Gasteiger partial charge in [-0.05, 0) is 29.7 Å².